The van der Waals surface area contributed by atoms with Crippen LogP contribution in [0.15, 0.2) is 42.6 Å². The minimum Gasteiger partial charge on any atom is -0.480 e. The van der Waals surface area contributed by atoms with E-state index in [0.29, 0.717) is 28.4 Å². The summed E-state index contributed by atoms with van der Waals surface area (Å²) in [6, 6.07) is 11.5. The van der Waals surface area contributed by atoms with Crippen molar-refractivity contribution in [1.29, 1.82) is 0 Å². The van der Waals surface area contributed by atoms with Gasteiger partial charge >= 0.3 is 5.97 Å². The molecule has 0 fully saturated rings. The van der Waals surface area contributed by atoms with Gasteiger partial charge in [-0.05, 0) is 11.6 Å². The van der Waals surface area contributed by atoms with Crippen LogP contribution in [0.5, 0.6) is 0 Å². The zero-order chi connectivity index (χ0) is 14.8. The van der Waals surface area contributed by atoms with E-state index in [1.165, 1.54) is 6.20 Å². The summed E-state index contributed by atoms with van der Waals surface area (Å²) in [5.74, 6) is -0.270. The van der Waals surface area contributed by atoms with Crippen LogP contribution >= 0.6 is 11.6 Å². The molecule has 0 radical (unpaired) electrons. The molecule has 3 aromatic rings. The first kappa shape index (κ1) is 13.6. The maximum atomic E-state index is 11.1. The SMILES string of the molecule is O=C(O)Cn1c(Cc2ccccc2)nc2cc(Cl)cnc21. The Balaban J connectivity index is 2.09. The molecule has 2 aromatic heterocycles. The van der Waals surface area contributed by atoms with Crippen LogP contribution in [0.3, 0.4) is 0 Å². The average molecular weight is 302 g/mol. The molecule has 0 unspecified atom stereocenters. The Morgan fingerprint density at radius 3 is 2.76 bits per heavy atom. The summed E-state index contributed by atoms with van der Waals surface area (Å²) in [7, 11) is 0. The average Bonchev–Trinajstić information content (AvgIpc) is 2.76. The number of carboxylic acid groups (broad SMARTS) is 1. The molecular formula is C15H12ClN3O2. The van der Waals surface area contributed by atoms with Crippen molar-refractivity contribution in [3.8, 4) is 0 Å². The second-order valence-corrected chi connectivity index (χ2v) is 5.10. The minimum atomic E-state index is -0.930. The smallest absolute Gasteiger partial charge is 0.323 e. The zero-order valence-corrected chi connectivity index (χ0v) is 11.8. The van der Waals surface area contributed by atoms with Crippen molar-refractivity contribution in [3.05, 3.63) is 59.0 Å². The molecule has 0 aliphatic rings. The van der Waals surface area contributed by atoms with Crippen LogP contribution in [0.2, 0.25) is 5.02 Å². The first-order valence-electron chi connectivity index (χ1n) is 6.40. The van der Waals surface area contributed by atoms with Gasteiger partial charge in [0.15, 0.2) is 5.65 Å². The van der Waals surface area contributed by atoms with Gasteiger partial charge in [-0.3, -0.25) is 4.79 Å². The van der Waals surface area contributed by atoms with Gasteiger partial charge in [0, 0.05) is 12.6 Å². The molecule has 0 spiro atoms. The van der Waals surface area contributed by atoms with Crippen molar-refractivity contribution in [1.82, 2.24) is 14.5 Å². The van der Waals surface area contributed by atoms with Crippen LogP contribution in [-0.4, -0.2) is 25.6 Å². The lowest BCUT2D eigenvalue weighted by atomic mass is 10.1. The van der Waals surface area contributed by atoms with Crippen LogP contribution in [0.1, 0.15) is 11.4 Å². The largest absolute Gasteiger partial charge is 0.480 e. The summed E-state index contributed by atoms with van der Waals surface area (Å²) in [5, 5.41) is 9.57. The van der Waals surface area contributed by atoms with Crippen molar-refractivity contribution in [3.63, 3.8) is 0 Å². The van der Waals surface area contributed by atoms with Crippen molar-refractivity contribution in [2.75, 3.05) is 0 Å². The highest BCUT2D eigenvalue weighted by Crippen LogP contribution is 2.20. The molecule has 0 saturated heterocycles. The van der Waals surface area contributed by atoms with E-state index >= 15 is 0 Å². The number of carboxylic acids is 1. The summed E-state index contributed by atoms with van der Waals surface area (Å²) in [4.78, 5) is 19.8. The maximum Gasteiger partial charge on any atom is 0.323 e. The van der Waals surface area contributed by atoms with Gasteiger partial charge in [0.1, 0.15) is 17.9 Å². The monoisotopic (exact) mass is 301 g/mol. The predicted octanol–water partition coefficient (Wildman–Crippen LogP) is 2.76. The Hall–Kier alpha value is -2.40. The van der Waals surface area contributed by atoms with E-state index in [4.69, 9.17) is 16.7 Å². The van der Waals surface area contributed by atoms with Gasteiger partial charge in [0.05, 0.1) is 5.02 Å². The number of imidazole rings is 1. The summed E-state index contributed by atoms with van der Waals surface area (Å²) < 4.78 is 1.61. The van der Waals surface area contributed by atoms with E-state index < -0.39 is 5.97 Å². The molecule has 0 amide bonds. The van der Waals surface area contributed by atoms with Crippen LogP contribution in [-0.2, 0) is 17.8 Å². The predicted molar refractivity (Wildman–Crippen MR) is 79.4 cm³/mol. The molecule has 21 heavy (non-hydrogen) atoms. The first-order chi connectivity index (χ1) is 10.1. The fourth-order valence-corrected chi connectivity index (χ4v) is 2.40. The standard InChI is InChI=1S/C15H12ClN3O2/c16-11-7-12-15(17-8-11)19(9-14(20)21)13(18-12)6-10-4-2-1-3-5-10/h1-5,7-8H,6,9H2,(H,20,21). The Kier molecular flexibility index (Phi) is 3.58. The minimum absolute atomic E-state index is 0.173. The molecule has 6 heteroatoms. The highest BCUT2D eigenvalue weighted by Gasteiger charge is 2.15. The molecule has 1 aromatic carbocycles. The van der Waals surface area contributed by atoms with E-state index in [0.717, 1.165) is 5.56 Å². The number of benzene rings is 1. The molecule has 5 nitrogen and oxygen atoms in total. The molecule has 0 bridgehead atoms. The number of hydrogen-bond donors (Lipinski definition) is 1. The molecule has 106 valence electrons. The quantitative estimate of drug-likeness (QED) is 0.804. The Morgan fingerprint density at radius 1 is 1.29 bits per heavy atom. The maximum absolute atomic E-state index is 11.1. The zero-order valence-electron chi connectivity index (χ0n) is 11.0. The normalized spacial score (nSPS) is 10.9. The lowest BCUT2D eigenvalue weighted by molar-refractivity contribution is -0.137. The number of pyridine rings is 1. The lowest BCUT2D eigenvalue weighted by Gasteiger charge is -2.05. The van der Waals surface area contributed by atoms with Crippen molar-refractivity contribution in [2.24, 2.45) is 0 Å². The molecule has 1 N–H and O–H groups in total. The molecule has 0 saturated carbocycles. The van der Waals surface area contributed by atoms with Gasteiger partial charge < -0.3 is 9.67 Å². The number of aromatic nitrogens is 3. The Labute approximate surface area is 125 Å². The van der Waals surface area contributed by atoms with Gasteiger partial charge in [-0.15, -0.1) is 0 Å². The molecule has 3 rings (SSSR count). The number of carbonyl (C=O) groups is 1. The number of nitrogens with zero attached hydrogens (tertiary/aromatic N) is 3. The summed E-state index contributed by atoms with van der Waals surface area (Å²) in [6.45, 7) is -0.173. The van der Waals surface area contributed by atoms with Gasteiger partial charge in [-0.1, -0.05) is 41.9 Å². The highest BCUT2D eigenvalue weighted by atomic mass is 35.5. The third kappa shape index (κ3) is 2.87. The van der Waals surface area contributed by atoms with E-state index in [1.807, 2.05) is 30.3 Å². The molecule has 0 aliphatic heterocycles. The second kappa shape index (κ2) is 5.54. The third-order valence-corrected chi connectivity index (χ3v) is 3.34. The fourth-order valence-electron chi connectivity index (χ4n) is 2.25. The van der Waals surface area contributed by atoms with Crippen LogP contribution in [0.4, 0.5) is 0 Å². The Morgan fingerprint density at radius 2 is 2.05 bits per heavy atom. The number of halogens is 1. The number of fused-ring (bicyclic) bond motifs is 1. The van der Waals surface area contributed by atoms with Crippen molar-refractivity contribution in [2.45, 2.75) is 13.0 Å². The molecular weight excluding hydrogens is 290 g/mol. The summed E-state index contributed by atoms with van der Waals surface area (Å²) in [5.41, 5.74) is 2.20. The number of rotatable bonds is 4. The third-order valence-electron chi connectivity index (χ3n) is 3.13. The topological polar surface area (TPSA) is 68.0 Å². The first-order valence-corrected chi connectivity index (χ1v) is 6.77. The van der Waals surface area contributed by atoms with Gasteiger partial charge in [0.2, 0.25) is 0 Å². The van der Waals surface area contributed by atoms with Gasteiger partial charge in [0.25, 0.3) is 0 Å². The van der Waals surface area contributed by atoms with E-state index in [-0.39, 0.29) is 6.54 Å². The number of hydrogen-bond acceptors (Lipinski definition) is 3. The van der Waals surface area contributed by atoms with E-state index in [9.17, 15) is 4.79 Å². The van der Waals surface area contributed by atoms with Crippen molar-refractivity contribution >= 4 is 28.7 Å². The Bertz CT molecular complexity index is 799. The second-order valence-electron chi connectivity index (χ2n) is 4.67. The lowest BCUT2D eigenvalue weighted by Crippen LogP contribution is -2.12. The van der Waals surface area contributed by atoms with E-state index in [1.54, 1.807) is 10.6 Å². The van der Waals surface area contributed by atoms with Gasteiger partial charge in [-0.25, -0.2) is 9.97 Å². The summed E-state index contributed by atoms with van der Waals surface area (Å²) >= 11 is 5.92. The number of aliphatic carboxylic acids is 1. The molecule has 2 heterocycles. The van der Waals surface area contributed by atoms with Crippen LogP contribution < -0.4 is 0 Å². The van der Waals surface area contributed by atoms with E-state index in [2.05, 4.69) is 9.97 Å². The summed E-state index contributed by atoms with van der Waals surface area (Å²) in [6.07, 6.45) is 2.04. The van der Waals surface area contributed by atoms with Gasteiger partial charge in [-0.2, -0.15) is 0 Å². The van der Waals surface area contributed by atoms with Crippen LogP contribution in [0.25, 0.3) is 11.2 Å². The molecule has 0 atom stereocenters. The van der Waals surface area contributed by atoms with Crippen LogP contribution in [0, 0.1) is 0 Å². The highest BCUT2D eigenvalue weighted by molar-refractivity contribution is 6.31. The van der Waals surface area contributed by atoms with Crippen molar-refractivity contribution < 1.29 is 9.90 Å². The fraction of sp³-hybridized carbons (Fsp3) is 0.133. The molecule has 0 aliphatic carbocycles.